The van der Waals surface area contributed by atoms with Crippen molar-refractivity contribution in [2.24, 2.45) is 0 Å². The number of phenols is 1. The maximum atomic E-state index is 10.1. The minimum absolute atomic E-state index is 0.361. The number of fused-ring (bicyclic) bond motifs is 1. The summed E-state index contributed by atoms with van der Waals surface area (Å²) in [7, 11) is 0. The number of nitrogens with one attached hydrogen (secondary N) is 1. The van der Waals surface area contributed by atoms with Crippen LogP contribution >= 0.6 is 11.3 Å². The zero-order chi connectivity index (χ0) is 15.6. The molecule has 3 nitrogen and oxygen atoms in total. The van der Waals surface area contributed by atoms with Crippen molar-refractivity contribution in [2.45, 2.75) is 38.3 Å². The third kappa shape index (κ3) is 3.09. The van der Waals surface area contributed by atoms with Gasteiger partial charge in [-0.05, 0) is 43.2 Å². The number of aromatic hydroxyl groups is 1. The number of phenolic OH excluding ortho intramolecular Hbond substituents is 1. The smallest absolute Gasteiger partial charge is 0.124 e. The first-order chi connectivity index (χ1) is 11.3. The Morgan fingerprint density at radius 2 is 1.96 bits per heavy atom. The van der Waals surface area contributed by atoms with Gasteiger partial charge in [-0.3, -0.25) is 0 Å². The molecule has 0 bridgehead atoms. The number of rotatable bonds is 4. The zero-order valence-electron chi connectivity index (χ0n) is 13.0. The molecule has 1 aliphatic carbocycles. The van der Waals surface area contributed by atoms with Crippen molar-refractivity contribution in [1.29, 1.82) is 0 Å². The molecule has 1 heterocycles. The molecule has 0 atom stereocenters. The minimum atomic E-state index is 0.361. The van der Waals surface area contributed by atoms with E-state index in [1.807, 2.05) is 24.3 Å². The molecule has 2 aromatic carbocycles. The molecule has 1 fully saturated rings. The van der Waals surface area contributed by atoms with Gasteiger partial charge in [0, 0.05) is 23.7 Å². The van der Waals surface area contributed by atoms with E-state index in [9.17, 15) is 5.11 Å². The predicted molar refractivity (Wildman–Crippen MR) is 95.8 cm³/mol. The molecule has 1 saturated carbocycles. The topological polar surface area (TPSA) is 45.2 Å². The maximum Gasteiger partial charge on any atom is 0.124 e. The Morgan fingerprint density at radius 1 is 1.13 bits per heavy atom. The fourth-order valence-corrected chi connectivity index (χ4v) is 4.20. The van der Waals surface area contributed by atoms with Crippen LogP contribution in [0.5, 0.6) is 5.75 Å². The van der Waals surface area contributed by atoms with Crippen molar-refractivity contribution >= 4 is 21.6 Å². The van der Waals surface area contributed by atoms with Crippen molar-refractivity contribution in [2.75, 3.05) is 0 Å². The van der Waals surface area contributed by atoms with Gasteiger partial charge in [0.05, 0.1) is 10.2 Å². The first-order valence-corrected chi connectivity index (χ1v) is 9.02. The molecule has 23 heavy (non-hydrogen) atoms. The highest BCUT2D eigenvalue weighted by Gasteiger charge is 2.15. The van der Waals surface area contributed by atoms with Gasteiger partial charge in [-0.1, -0.05) is 25.0 Å². The summed E-state index contributed by atoms with van der Waals surface area (Å²) in [5, 5.41) is 14.7. The van der Waals surface area contributed by atoms with E-state index < -0.39 is 0 Å². The van der Waals surface area contributed by atoms with E-state index in [4.69, 9.17) is 4.98 Å². The van der Waals surface area contributed by atoms with Gasteiger partial charge < -0.3 is 10.4 Å². The van der Waals surface area contributed by atoms with Crippen LogP contribution in [0.4, 0.5) is 0 Å². The van der Waals surface area contributed by atoms with Crippen LogP contribution in [-0.4, -0.2) is 16.1 Å². The largest absolute Gasteiger partial charge is 0.508 e. The highest BCUT2D eigenvalue weighted by molar-refractivity contribution is 7.21. The van der Waals surface area contributed by atoms with Crippen LogP contribution in [0.15, 0.2) is 42.5 Å². The number of hydrogen-bond donors (Lipinski definition) is 2. The van der Waals surface area contributed by atoms with E-state index >= 15 is 0 Å². The molecular weight excluding hydrogens is 304 g/mol. The van der Waals surface area contributed by atoms with Gasteiger partial charge in [0.1, 0.15) is 10.8 Å². The average Bonchev–Trinajstić information content (AvgIpc) is 3.23. The lowest BCUT2D eigenvalue weighted by Gasteiger charge is -2.13. The second kappa shape index (κ2) is 6.30. The van der Waals surface area contributed by atoms with Gasteiger partial charge in [0.2, 0.25) is 0 Å². The standard InChI is InChI=1S/C19H20N2OS/c22-17-10-9-13(11-14(17)12-20-15-5-1-2-6-15)19-21-16-7-3-4-8-18(16)23-19/h3-4,7-11,15,20,22H,1-2,5-6,12H2. The lowest BCUT2D eigenvalue weighted by atomic mass is 10.1. The Hall–Kier alpha value is -1.91. The molecule has 3 aromatic rings. The van der Waals surface area contributed by atoms with E-state index in [-0.39, 0.29) is 0 Å². The maximum absolute atomic E-state index is 10.1. The number of para-hydroxylation sites is 1. The third-order valence-corrected chi connectivity index (χ3v) is 5.64. The molecule has 2 N–H and O–H groups in total. The molecule has 0 amide bonds. The van der Waals surface area contributed by atoms with Gasteiger partial charge in [-0.15, -0.1) is 11.3 Å². The molecular formula is C19H20N2OS. The monoisotopic (exact) mass is 324 g/mol. The SMILES string of the molecule is Oc1ccc(-c2nc3ccccc3s2)cc1CNC1CCCC1. The Labute approximate surface area is 140 Å². The third-order valence-electron chi connectivity index (χ3n) is 4.56. The Morgan fingerprint density at radius 3 is 2.78 bits per heavy atom. The molecule has 1 aromatic heterocycles. The average molecular weight is 324 g/mol. The number of benzene rings is 2. The van der Waals surface area contributed by atoms with Gasteiger partial charge >= 0.3 is 0 Å². The lowest BCUT2D eigenvalue weighted by molar-refractivity contribution is 0.456. The normalized spacial score (nSPS) is 15.5. The highest BCUT2D eigenvalue weighted by Crippen LogP contribution is 2.32. The van der Waals surface area contributed by atoms with E-state index in [2.05, 4.69) is 17.4 Å². The van der Waals surface area contributed by atoms with Gasteiger partial charge in [-0.25, -0.2) is 4.98 Å². The number of thiazole rings is 1. The Balaban J connectivity index is 1.60. The van der Waals surface area contributed by atoms with Gasteiger partial charge in [-0.2, -0.15) is 0 Å². The van der Waals surface area contributed by atoms with Crippen molar-refractivity contribution in [3.63, 3.8) is 0 Å². The van der Waals surface area contributed by atoms with Crippen LogP contribution in [0.25, 0.3) is 20.8 Å². The summed E-state index contributed by atoms with van der Waals surface area (Å²) in [5.41, 5.74) is 3.06. The van der Waals surface area contributed by atoms with E-state index in [0.29, 0.717) is 11.8 Å². The number of aromatic nitrogens is 1. The fourth-order valence-electron chi connectivity index (χ4n) is 3.24. The van der Waals surface area contributed by atoms with Crippen LogP contribution in [0.2, 0.25) is 0 Å². The van der Waals surface area contributed by atoms with E-state index in [1.54, 1.807) is 17.4 Å². The Bertz CT molecular complexity index is 788. The Kier molecular flexibility index (Phi) is 4.02. The molecule has 0 unspecified atom stereocenters. The van der Waals surface area contributed by atoms with Crippen LogP contribution in [0, 0.1) is 0 Å². The molecule has 1 aliphatic rings. The van der Waals surface area contributed by atoms with Crippen molar-refractivity contribution in [3.8, 4) is 16.3 Å². The van der Waals surface area contributed by atoms with Crippen molar-refractivity contribution < 1.29 is 5.11 Å². The van der Waals surface area contributed by atoms with Crippen LogP contribution in [0.1, 0.15) is 31.2 Å². The molecule has 0 aliphatic heterocycles. The molecule has 0 saturated heterocycles. The number of hydrogen-bond acceptors (Lipinski definition) is 4. The van der Waals surface area contributed by atoms with Gasteiger partial charge in [0.25, 0.3) is 0 Å². The molecule has 118 valence electrons. The summed E-state index contributed by atoms with van der Waals surface area (Å²) in [6.07, 6.45) is 5.13. The van der Waals surface area contributed by atoms with Crippen molar-refractivity contribution in [1.82, 2.24) is 10.3 Å². The first-order valence-electron chi connectivity index (χ1n) is 8.21. The van der Waals surface area contributed by atoms with Gasteiger partial charge in [0.15, 0.2) is 0 Å². The van der Waals surface area contributed by atoms with E-state index in [1.165, 1.54) is 30.4 Å². The summed E-state index contributed by atoms with van der Waals surface area (Å²) in [4.78, 5) is 4.71. The predicted octanol–water partition coefficient (Wildman–Crippen LogP) is 4.70. The molecule has 0 radical (unpaired) electrons. The molecule has 0 spiro atoms. The second-order valence-corrected chi connectivity index (χ2v) is 7.22. The molecule has 4 heteroatoms. The second-order valence-electron chi connectivity index (χ2n) is 6.19. The van der Waals surface area contributed by atoms with E-state index in [0.717, 1.165) is 28.2 Å². The zero-order valence-corrected chi connectivity index (χ0v) is 13.8. The van der Waals surface area contributed by atoms with Crippen LogP contribution < -0.4 is 5.32 Å². The van der Waals surface area contributed by atoms with Crippen molar-refractivity contribution in [3.05, 3.63) is 48.0 Å². The lowest BCUT2D eigenvalue weighted by Crippen LogP contribution is -2.25. The molecule has 4 rings (SSSR count). The highest BCUT2D eigenvalue weighted by atomic mass is 32.1. The summed E-state index contributed by atoms with van der Waals surface area (Å²) < 4.78 is 1.20. The fraction of sp³-hybridized carbons (Fsp3) is 0.316. The summed E-state index contributed by atoms with van der Waals surface area (Å²) >= 11 is 1.70. The summed E-state index contributed by atoms with van der Waals surface area (Å²) in [5.74, 6) is 0.361. The van der Waals surface area contributed by atoms with Crippen LogP contribution in [-0.2, 0) is 6.54 Å². The summed E-state index contributed by atoms with van der Waals surface area (Å²) in [6.45, 7) is 0.717. The minimum Gasteiger partial charge on any atom is -0.508 e. The summed E-state index contributed by atoms with van der Waals surface area (Å²) in [6, 6.07) is 14.6. The number of nitrogens with zero attached hydrogens (tertiary/aromatic N) is 1. The van der Waals surface area contributed by atoms with Crippen LogP contribution in [0.3, 0.4) is 0 Å². The quantitative estimate of drug-likeness (QED) is 0.731. The first kappa shape index (κ1) is 14.7.